The van der Waals surface area contributed by atoms with Crippen LogP contribution in [0.1, 0.15) is 0 Å². The first-order valence-electron chi connectivity index (χ1n) is 4.61. The van der Waals surface area contributed by atoms with Crippen molar-refractivity contribution in [3.8, 4) is 0 Å². The number of rotatable bonds is 4. The highest BCUT2D eigenvalue weighted by Crippen LogP contribution is 2.22. The van der Waals surface area contributed by atoms with Gasteiger partial charge in [-0.3, -0.25) is 0 Å². The summed E-state index contributed by atoms with van der Waals surface area (Å²) in [5.74, 6) is 0. The van der Waals surface area contributed by atoms with Crippen LogP contribution in [0.4, 0.5) is 10.5 Å². The lowest BCUT2D eigenvalue weighted by molar-refractivity contribution is 0.198. The van der Waals surface area contributed by atoms with E-state index in [0.29, 0.717) is 28.9 Å². The van der Waals surface area contributed by atoms with E-state index in [-0.39, 0.29) is 6.03 Å². The third-order valence-corrected chi connectivity index (χ3v) is 2.15. The maximum absolute atomic E-state index is 11.3. The standard InChI is InChI=1S/C10H12Cl2N2O2/c1-16-3-2-13-10(15)14-9-5-7(11)4-8(12)6-9/h4-6H,2-3H2,1H3,(H2,13,14,15). The average Bonchev–Trinajstić information content (AvgIpc) is 2.16. The van der Waals surface area contributed by atoms with Crippen molar-refractivity contribution in [2.75, 3.05) is 25.6 Å². The van der Waals surface area contributed by atoms with E-state index in [0.717, 1.165) is 0 Å². The summed E-state index contributed by atoms with van der Waals surface area (Å²) in [5, 5.41) is 6.16. The first-order valence-corrected chi connectivity index (χ1v) is 5.37. The van der Waals surface area contributed by atoms with Gasteiger partial charge in [0.1, 0.15) is 0 Å². The molecule has 1 aromatic rings. The first kappa shape index (κ1) is 13.1. The minimum absolute atomic E-state index is 0.324. The number of methoxy groups -OCH3 is 1. The summed E-state index contributed by atoms with van der Waals surface area (Å²) in [5.41, 5.74) is 0.549. The van der Waals surface area contributed by atoms with Gasteiger partial charge in [-0.2, -0.15) is 0 Å². The van der Waals surface area contributed by atoms with Crippen LogP contribution in [0.25, 0.3) is 0 Å². The Labute approximate surface area is 104 Å². The summed E-state index contributed by atoms with van der Waals surface area (Å²) in [6.45, 7) is 0.903. The number of hydrogen-bond donors (Lipinski definition) is 2. The number of nitrogens with one attached hydrogen (secondary N) is 2. The van der Waals surface area contributed by atoms with Gasteiger partial charge in [-0.15, -0.1) is 0 Å². The number of anilines is 1. The van der Waals surface area contributed by atoms with E-state index in [1.54, 1.807) is 25.3 Å². The van der Waals surface area contributed by atoms with Crippen LogP contribution in [0.2, 0.25) is 10.0 Å². The third kappa shape index (κ3) is 4.70. The number of amides is 2. The van der Waals surface area contributed by atoms with E-state index in [1.807, 2.05) is 0 Å². The molecule has 16 heavy (non-hydrogen) atoms. The maximum Gasteiger partial charge on any atom is 0.319 e. The molecule has 0 aromatic heterocycles. The SMILES string of the molecule is COCCNC(=O)Nc1cc(Cl)cc(Cl)c1. The molecule has 88 valence electrons. The average molecular weight is 263 g/mol. The van der Waals surface area contributed by atoms with Crippen molar-refractivity contribution in [1.82, 2.24) is 5.32 Å². The van der Waals surface area contributed by atoms with E-state index < -0.39 is 0 Å². The fourth-order valence-electron chi connectivity index (χ4n) is 1.07. The van der Waals surface area contributed by atoms with Crippen LogP contribution in [0.5, 0.6) is 0 Å². The highest BCUT2D eigenvalue weighted by atomic mass is 35.5. The molecule has 0 saturated carbocycles. The van der Waals surface area contributed by atoms with E-state index in [1.165, 1.54) is 0 Å². The predicted molar refractivity (Wildman–Crippen MR) is 65.4 cm³/mol. The zero-order valence-corrected chi connectivity index (χ0v) is 10.2. The fourth-order valence-corrected chi connectivity index (χ4v) is 1.59. The molecule has 0 spiro atoms. The van der Waals surface area contributed by atoms with Crippen LogP contribution >= 0.6 is 23.2 Å². The van der Waals surface area contributed by atoms with Gasteiger partial charge in [0.05, 0.1) is 6.61 Å². The van der Waals surface area contributed by atoms with Crippen LogP contribution in [-0.2, 0) is 4.74 Å². The number of urea groups is 1. The molecule has 0 atom stereocenters. The second-order valence-electron chi connectivity index (χ2n) is 3.03. The molecule has 2 amide bonds. The molecule has 1 aromatic carbocycles. The van der Waals surface area contributed by atoms with Gasteiger partial charge in [-0.25, -0.2) is 4.79 Å². The molecule has 0 saturated heterocycles. The molecule has 0 unspecified atom stereocenters. The zero-order chi connectivity index (χ0) is 12.0. The Balaban J connectivity index is 2.49. The molecule has 2 N–H and O–H groups in total. The number of ether oxygens (including phenoxy) is 1. The number of hydrogen-bond acceptors (Lipinski definition) is 2. The normalized spacial score (nSPS) is 9.94. The Morgan fingerprint density at radius 2 is 1.94 bits per heavy atom. The van der Waals surface area contributed by atoms with Gasteiger partial charge in [0, 0.05) is 29.4 Å². The summed E-state index contributed by atoms with van der Waals surface area (Å²) in [6, 6.07) is 4.50. The Kier molecular flexibility index (Phi) is 5.38. The number of halogens is 2. The van der Waals surface area contributed by atoms with E-state index >= 15 is 0 Å². The number of carbonyl (C=O) groups is 1. The summed E-state index contributed by atoms with van der Waals surface area (Å²) in [6.07, 6.45) is 0. The van der Waals surface area contributed by atoms with Crippen molar-refractivity contribution in [3.05, 3.63) is 28.2 Å². The molecule has 0 aliphatic heterocycles. The van der Waals surface area contributed by atoms with Crippen LogP contribution in [0.3, 0.4) is 0 Å². The van der Waals surface area contributed by atoms with Gasteiger partial charge in [-0.05, 0) is 18.2 Å². The van der Waals surface area contributed by atoms with Crippen molar-refractivity contribution in [2.24, 2.45) is 0 Å². The van der Waals surface area contributed by atoms with E-state index in [4.69, 9.17) is 27.9 Å². The summed E-state index contributed by atoms with van der Waals surface area (Å²) < 4.78 is 4.80. The van der Waals surface area contributed by atoms with Crippen LogP contribution < -0.4 is 10.6 Å². The van der Waals surface area contributed by atoms with Crippen molar-refractivity contribution >= 4 is 34.9 Å². The molecule has 0 aliphatic rings. The van der Waals surface area contributed by atoms with Crippen LogP contribution in [0, 0.1) is 0 Å². The molecular formula is C10H12Cl2N2O2. The Morgan fingerprint density at radius 3 is 2.50 bits per heavy atom. The van der Waals surface area contributed by atoms with Gasteiger partial charge < -0.3 is 15.4 Å². The second-order valence-corrected chi connectivity index (χ2v) is 3.90. The van der Waals surface area contributed by atoms with Gasteiger partial charge in [-0.1, -0.05) is 23.2 Å². The van der Waals surface area contributed by atoms with E-state index in [2.05, 4.69) is 10.6 Å². The third-order valence-electron chi connectivity index (χ3n) is 1.71. The van der Waals surface area contributed by atoms with Crippen molar-refractivity contribution in [3.63, 3.8) is 0 Å². The minimum atomic E-state index is -0.324. The lowest BCUT2D eigenvalue weighted by Gasteiger charge is -2.07. The zero-order valence-electron chi connectivity index (χ0n) is 8.72. The lowest BCUT2D eigenvalue weighted by atomic mass is 10.3. The molecule has 0 radical (unpaired) electrons. The van der Waals surface area contributed by atoms with Crippen LogP contribution in [0.15, 0.2) is 18.2 Å². The number of benzene rings is 1. The highest BCUT2D eigenvalue weighted by molar-refractivity contribution is 6.35. The van der Waals surface area contributed by atoms with Crippen molar-refractivity contribution in [1.29, 1.82) is 0 Å². The Bertz CT molecular complexity index is 352. The lowest BCUT2D eigenvalue weighted by Crippen LogP contribution is -2.31. The highest BCUT2D eigenvalue weighted by Gasteiger charge is 2.02. The van der Waals surface area contributed by atoms with Crippen molar-refractivity contribution in [2.45, 2.75) is 0 Å². The fraction of sp³-hybridized carbons (Fsp3) is 0.300. The quantitative estimate of drug-likeness (QED) is 0.820. The minimum Gasteiger partial charge on any atom is -0.383 e. The smallest absolute Gasteiger partial charge is 0.319 e. The van der Waals surface area contributed by atoms with E-state index in [9.17, 15) is 4.79 Å². The van der Waals surface area contributed by atoms with Gasteiger partial charge in [0.2, 0.25) is 0 Å². The molecule has 0 aliphatic carbocycles. The van der Waals surface area contributed by atoms with Gasteiger partial charge in [0.15, 0.2) is 0 Å². The molecule has 4 nitrogen and oxygen atoms in total. The summed E-state index contributed by atoms with van der Waals surface area (Å²) in [7, 11) is 1.57. The molecular weight excluding hydrogens is 251 g/mol. The topological polar surface area (TPSA) is 50.4 Å². The molecule has 6 heteroatoms. The molecule has 1 rings (SSSR count). The first-order chi connectivity index (χ1) is 7.61. The van der Waals surface area contributed by atoms with Gasteiger partial charge >= 0.3 is 6.03 Å². The molecule has 0 heterocycles. The predicted octanol–water partition coefficient (Wildman–Crippen LogP) is 2.76. The Morgan fingerprint density at radius 1 is 1.31 bits per heavy atom. The van der Waals surface area contributed by atoms with Crippen molar-refractivity contribution < 1.29 is 9.53 Å². The summed E-state index contributed by atoms with van der Waals surface area (Å²) in [4.78, 5) is 11.3. The second kappa shape index (κ2) is 6.58. The summed E-state index contributed by atoms with van der Waals surface area (Å²) >= 11 is 11.6. The molecule has 0 bridgehead atoms. The maximum atomic E-state index is 11.3. The molecule has 0 fully saturated rings. The Hall–Kier alpha value is -0.970. The largest absolute Gasteiger partial charge is 0.383 e. The monoisotopic (exact) mass is 262 g/mol. The van der Waals surface area contributed by atoms with Crippen LogP contribution in [-0.4, -0.2) is 26.3 Å². The number of carbonyl (C=O) groups excluding carboxylic acids is 1. The van der Waals surface area contributed by atoms with Gasteiger partial charge in [0.25, 0.3) is 0 Å².